The molecule has 6 aromatic rings. The van der Waals surface area contributed by atoms with E-state index in [0.29, 0.717) is 66.8 Å². The number of fused-ring (bicyclic) bond motifs is 4. The summed E-state index contributed by atoms with van der Waals surface area (Å²) in [4.78, 5) is 102. The van der Waals surface area contributed by atoms with E-state index in [2.05, 4.69) is 66.7 Å². The highest BCUT2D eigenvalue weighted by Crippen LogP contribution is 2.50. The van der Waals surface area contributed by atoms with E-state index in [9.17, 15) is 33.2 Å². The lowest BCUT2D eigenvalue weighted by Crippen LogP contribution is -2.49. The number of carbonyl (C=O) groups is 6. The quantitative estimate of drug-likeness (QED) is 0.0463. The van der Waals surface area contributed by atoms with Crippen LogP contribution in [-0.4, -0.2) is 177 Å². The highest BCUT2D eigenvalue weighted by atomic mass is 35.5. The number of carbonyl (C=O) groups excluding carboxylic acids is 5. The maximum Gasteiger partial charge on any atom is 0.324 e. The van der Waals surface area contributed by atoms with Crippen LogP contribution in [0.3, 0.4) is 0 Å². The minimum absolute atomic E-state index is 0.00496. The number of hydrogen-bond acceptors (Lipinski definition) is 22. The zero-order valence-corrected chi connectivity index (χ0v) is 56.1. The van der Waals surface area contributed by atoms with Crippen molar-refractivity contribution in [1.29, 1.82) is 0 Å². The minimum atomic E-state index is -1.05. The fraction of sp³-hybridized carbons (Fsp3) is 0.312. The van der Waals surface area contributed by atoms with Crippen molar-refractivity contribution in [3.05, 3.63) is 155 Å². The number of anilines is 4. The van der Waals surface area contributed by atoms with Gasteiger partial charge in [-0.3, -0.25) is 38.8 Å². The molecule has 0 spiro atoms. The fourth-order valence-corrected chi connectivity index (χ4v) is 14.6. The summed E-state index contributed by atoms with van der Waals surface area (Å²) < 4.78 is 30.4. The highest BCUT2D eigenvalue weighted by Gasteiger charge is 2.58. The van der Waals surface area contributed by atoms with Crippen molar-refractivity contribution in [1.82, 2.24) is 45.1 Å². The molecule has 33 heteroatoms. The predicted octanol–water partition coefficient (Wildman–Crippen LogP) is 7.45. The zero-order chi connectivity index (χ0) is 68.9. The molecule has 504 valence electrons. The summed E-state index contributed by atoms with van der Waals surface area (Å²) in [6.07, 6.45) is 11.0. The summed E-state index contributed by atoms with van der Waals surface area (Å²) in [5, 5.41) is 36.6. The monoisotopic (exact) mass is 1420 g/mol. The lowest BCUT2D eigenvalue weighted by molar-refractivity contribution is -0.139. The molecule has 2 saturated heterocycles. The summed E-state index contributed by atoms with van der Waals surface area (Å²) in [5.74, 6) is -3.33. The Hall–Kier alpha value is -9.33. The van der Waals surface area contributed by atoms with Crippen LogP contribution in [0.4, 0.5) is 31.5 Å². The fourth-order valence-electron chi connectivity index (χ4n) is 11.8. The predicted molar refractivity (Wildman–Crippen MR) is 370 cm³/mol. The average molecular weight is 1420 g/mol. The number of rotatable bonds is 15. The maximum atomic E-state index is 15.6. The van der Waals surface area contributed by atoms with Gasteiger partial charge in [0, 0.05) is 52.9 Å². The summed E-state index contributed by atoms with van der Waals surface area (Å²) >= 11 is 20.8. The van der Waals surface area contributed by atoms with E-state index in [0.717, 1.165) is 30.1 Å². The third-order valence-electron chi connectivity index (χ3n) is 16.5. The van der Waals surface area contributed by atoms with Crippen LogP contribution < -0.4 is 38.1 Å². The standard InChI is InChI=1S/C29H25ClFN9O3S.C18H16ClFN2O.C11H11N7O3S.C6H12ClN/c30-19-6-2-1-4-16(19)17-5-3-7-20(22(17)31)36-27(43)25-18-8-14(18)11-39(25)21(41)12-40-28-24(23(38-40)26(32)42)37-29(44-28)35-15-9-33-13-34-10-15;19-14-6-2-1-4-11(14)12-5-3-7-15(16(12)20)22-18(23)17-13-8-10(13)9-21-17;12-9(21)7-8-10(18(17-7)3-6(19)20)22-11(16-8)15-5-1-13-4-14-2-5;1-5(2)6(7)8(3)4/h1-7,9-10,13-14,18,24-25,28H,8,11-12H2,(H2,32,42)(H,35,37)(H,36,43);1-7,10,13,17,21H,8-9H2,(H,22,23);1-2,4,8,10H,3H2,(H2,12,21)(H,15,16)(H,19,20);1-4H3/t14-,18-,24?,25-,28?;10-,13-,17-;;/m00../s1. The number of aromatic nitrogens is 4. The van der Waals surface area contributed by atoms with Crippen LogP contribution >= 0.6 is 58.3 Å². The molecule has 5 amide bonds. The Morgan fingerprint density at radius 1 is 0.649 bits per heavy atom. The molecule has 4 unspecified atom stereocenters. The Bertz CT molecular complexity index is 4220. The first-order valence-electron chi connectivity index (χ1n) is 30.3. The number of hydrazone groups is 2. The number of halogens is 5. The number of amides is 5. The first-order valence-corrected chi connectivity index (χ1v) is 33.2. The Morgan fingerprint density at radius 2 is 1.11 bits per heavy atom. The Morgan fingerprint density at radius 3 is 1.54 bits per heavy atom. The van der Waals surface area contributed by atoms with E-state index in [1.54, 1.807) is 97.6 Å². The maximum absolute atomic E-state index is 15.6. The van der Waals surface area contributed by atoms with Crippen molar-refractivity contribution in [3.8, 4) is 22.3 Å². The number of aliphatic carboxylic acids is 1. The van der Waals surface area contributed by atoms with Crippen LogP contribution in [0, 0.1) is 35.3 Å². The van der Waals surface area contributed by atoms with Crippen molar-refractivity contribution >= 4 is 138 Å². The second kappa shape index (κ2) is 30.0. The number of benzene rings is 4. The number of piperidine rings is 2. The van der Waals surface area contributed by atoms with Crippen molar-refractivity contribution in [2.45, 2.75) is 61.6 Å². The van der Waals surface area contributed by atoms with E-state index < -0.39 is 64.2 Å². The number of likely N-dealkylation sites (tertiary alicyclic amines) is 1. The van der Waals surface area contributed by atoms with Gasteiger partial charge in [-0.05, 0) is 86.7 Å². The molecule has 4 fully saturated rings. The van der Waals surface area contributed by atoms with Crippen LogP contribution in [0.15, 0.2) is 153 Å². The van der Waals surface area contributed by atoms with Crippen molar-refractivity contribution in [2.24, 2.45) is 55.3 Å². The molecule has 2 saturated carbocycles. The number of aliphatic imine (C=N–C) groups is 2. The molecule has 10 N–H and O–H groups in total. The number of primary amides is 2. The van der Waals surface area contributed by atoms with E-state index in [-0.39, 0.29) is 71.1 Å². The molecule has 97 heavy (non-hydrogen) atoms. The van der Waals surface area contributed by atoms with E-state index in [1.807, 2.05) is 38.9 Å². The summed E-state index contributed by atoms with van der Waals surface area (Å²) in [5.41, 5.74) is 15.3. The molecule has 8 heterocycles. The largest absolute Gasteiger partial charge is 0.480 e. The van der Waals surface area contributed by atoms with Crippen LogP contribution in [0.2, 0.25) is 10.0 Å². The highest BCUT2D eigenvalue weighted by molar-refractivity contribution is 8.15. The van der Waals surface area contributed by atoms with Crippen molar-refractivity contribution < 1.29 is 42.7 Å². The number of carboxylic acids is 1. The van der Waals surface area contributed by atoms with Gasteiger partial charge >= 0.3 is 5.97 Å². The topological polar surface area (TPSA) is 349 Å². The van der Waals surface area contributed by atoms with Gasteiger partial charge in [-0.25, -0.2) is 38.7 Å². The SMILES string of the molecule is CC(C)=C(Cl)N(C)C.NC(=O)C1=NN(CC(=O)N2C[C@@H]3C[C@@H]3[C@H]2C(=O)Nc2cccc(-c3ccccc3Cl)c2F)C2SC(Nc3cncnc3)=NC12.NC(=O)C1=NN(CC(=O)O)C2SC(Nc3cncnc3)=NC12.O=C(Nc1cccc(-c2ccccc2Cl)c1F)[C@H]1NC[C@@H]2C[C@@H]21. The summed E-state index contributed by atoms with van der Waals surface area (Å²) in [6, 6.07) is 21.4. The Kier molecular flexibility index (Phi) is 21.3. The van der Waals surface area contributed by atoms with Gasteiger partial charge in [0.25, 0.3) is 11.8 Å². The minimum Gasteiger partial charge on any atom is -0.480 e. The lowest BCUT2D eigenvalue weighted by Gasteiger charge is -2.29. The van der Waals surface area contributed by atoms with E-state index >= 15 is 4.39 Å². The molecule has 26 nitrogen and oxygen atoms in total. The molecular weight excluding hydrogens is 1360 g/mol. The summed E-state index contributed by atoms with van der Waals surface area (Å²) in [6.45, 7) is 4.74. The number of thioether (sulfide) groups is 2. The first kappa shape index (κ1) is 69.0. The molecular formula is C64H64Cl3F2N19O7S2. The van der Waals surface area contributed by atoms with Gasteiger partial charge < -0.3 is 53.0 Å². The number of hydrogen-bond donors (Lipinski definition) is 8. The van der Waals surface area contributed by atoms with Gasteiger partial charge in [0.1, 0.15) is 59.8 Å². The number of amidine groups is 2. The number of nitrogens with one attached hydrogen (secondary N) is 5. The molecule has 14 rings (SSSR count). The third-order valence-corrected chi connectivity index (χ3v) is 20.3. The van der Waals surface area contributed by atoms with Crippen molar-refractivity contribution in [2.75, 3.05) is 61.5 Å². The molecule has 0 radical (unpaired) electrons. The van der Waals surface area contributed by atoms with Crippen molar-refractivity contribution in [3.63, 3.8) is 0 Å². The second-order valence-corrected chi connectivity index (χ2v) is 27.1. The zero-order valence-electron chi connectivity index (χ0n) is 52.2. The molecule has 10 atom stereocenters. The molecule has 8 aliphatic rings. The third kappa shape index (κ3) is 15.9. The van der Waals surface area contributed by atoms with Gasteiger partial charge in [-0.15, -0.1) is 0 Å². The van der Waals surface area contributed by atoms with Crippen LogP contribution in [0.5, 0.6) is 0 Å². The van der Waals surface area contributed by atoms with E-state index in [1.165, 1.54) is 57.2 Å². The number of nitrogens with zero attached hydrogens (tertiary/aromatic N) is 12. The molecule has 2 aromatic heterocycles. The van der Waals surface area contributed by atoms with Gasteiger partial charge in [0.2, 0.25) is 17.7 Å². The summed E-state index contributed by atoms with van der Waals surface area (Å²) in [7, 11) is 3.85. The first-order chi connectivity index (χ1) is 46.5. The molecule has 6 aliphatic heterocycles. The van der Waals surface area contributed by atoms with E-state index in [4.69, 9.17) is 51.4 Å². The second-order valence-electron chi connectivity index (χ2n) is 23.7. The van der Waals surface area contributed by atoms with Crippen LogP contribution in [0.1, 0.15) is 26.7 Å². The Balaban J connectivity index is 0.000000151. The van der Waals surface area contributed by atoms with Gasteiger partial charge in [-0.1, -0.05) is 119 Å². The lowest BCUT2D eigenvalue weighted by atomic mass is 10.0. The van der Waals surface area contributed by atoms with Gasteiger partial charge in [0.15, 0.2) is 33.4 Å². The van der Waals surface area contributed by atoms with Crippen LogP contribution in [0.25, 0.3) is 22.3 Å². The van der Waals surface area contributed by atoms with Gasteiger partial charge in [-0.2, -0.15) is 10.2 Å². The normalized spacial score (nSPS) is 23.0. The number of allylic oxidation sites excluding steroid dienone is 1. The van der Waals surface area contributed by atoms with Gasteiger partial charge in [0.05, 0.1) is 53.6 Å². The molecule has 2 aliphatic carbocycles. The number of nitrogens with two attached hydrogens (primary N) is 2. The van der Waals surface area contributed by atoms with Crippen LogP contribution in [-0.2, 0) is 28.8 Å². The smallest absolute Gasteiger partial charge is 0.324 e. The molecule has 0 bridgehead atoms. The number of carboxylic acid groups (broad SMARTS) is 1. The Labute approximate surface area is 578 Å². The average Bonchev–Trinajstić information content (AvgIpc) is 1.59. The molecule has 4 aromatic carbocycles.